The van der Waals surface area contributed by atoms with Crippen LogP contribution in [0, 0.1) is 0 Å². The van der Waals surface area contributed by atoms with Crippen molar-refractivity contribution in [2.75, 3.05) is 0 Å². The summed E-state index contributed by atoms with van der Waals surface area (Å²) in [5, 5.41) is 6.21. The highest BCUT2D eigenvalue weighted by Crippen LogP contribution is 2.12. The maximum atomic E-state index is 4.02. The van der Waals surface area contributed by atoms with Gasteiger partial charge in [0, 0.05) is 18.6 Å². The van der Waals surface area contributed by atoms with E-state index in [1.54, 1.807) is 31.1 Å². The largest absolute Gasteiger partial charge is 0.345 e. The molecule has 1 aromatic rings. The molecule has 3 rings (SSSR count). The highest BCUT2D eigenvalue weighted by molar-refractivity contribution is 5.53. The van der Waals surface area contributed by atoms with Crippen molar-refractivity contribution >= 4 is 0 Å². The number of fused-ring (bicyclic) bond motifs is 1. The predicted molar refractivity (Wildman–Crippen MR) is 51.6 cm³/mol. The summed E-state index contributed by atoms with van der Waals surface area (Å²) in [6, 6.07) is 3.75. The van der Waals surface area contributed by atoms with Gasteiger partial charge in [0.05, 0.1) is 18.2 Å². The molecule has 0 aromatic carbocycles. The smallest absolute Gasteiger partial charge is 0.105 e. The van der Waals surface area contributed by atoms with E-state index < -0.39 is 0 Å². The second kappa shape index (κ2) is 4.18. The van der Waals surface area contributed by atoms with Gasteiger partial charge in [-0.3, -0.25) is 10.1 Å². The first-order chi connectivity index (χ1) is 6.97. The monoisotopic (exact) mass is 187 g/mol. The molecule has 2 aliphatic heterocycles. The summed E-state index contributed by atoms with van der Waals surface area (Å²) in [4.78, 5) is 10.8. The van der Waals surface area contributed by atoms with Crippen LogP contribution in [0.4, 0.5) is 0 Å². The summed E-state index contributed by atoms with van der Waals surface area (Å²) in [7, 11) is 0. The second-order valence-corrected chi connectivity index (χ2v) is 2.56. The zero-order valence-electron chi connectivity index (χ0n) is 7.38. The van der Waals surface area contributed by atoms with Gasteiger partial charge in [-0.1, -0.05) is 0 Å². The fourth-order valence-corrected chi connectivity index (χ4v) is 1.00. The number of aromatic amines is 2. The molecule has 0 bridgehead atoms. The maximum absolute atomic E-state index is 4.02. The van der Waals surface area contributed by atoms with Gasteiger partial charge in [-0.25, -0.2) is 4.98 Å². The van der Waals surface area contributed by atoms with Crippen molar-refractivity contribution in [2.24, 2.45) is 0 Å². The number of aromatic nitrogens is 5. The minimum atomic E-state index is 0.914. The standard InChI is InChI=1S/C6H5N3.C3H4N2/c1-2-8-6-3-7-4-9-5(1)6;1-2-4-5-3-1/h1-4H,(H,7,9);1-3H,(H,4,5). The second-order valence-electron chi connectivity index (χ2n) is 2.56. The lowest BCUT2D eigenvalue weighted by atomic mass is 10.3. The number of rotatable bonds is 0. The first-order valence-corrected chi connectivity index (χ1v) is 4.13. The Kier molecular flexibility index (Phi) is 2.51. The Hall–Kier alpha value is -2.17. The van der Waals surface area contributed by atoms with Crippen LogP contribution in [0.1, 0.15) is 0 Å². The van der Waals surface area contributed by atoms with E-state index >= 15 is 0 Å². The molecule has 0 amide bonds. The fraction of sp³-hybridized carbons (Fsp3) is 0. The number of nitrogens with zero attached hydrogens (tertiary/aromatic N) is 3. The number of nitrogens with one attached hydrogen (secondary N) is 2. The Labute approximate surface area is 80.6 Å². The molecule has 0 spiro atoms. The van der Waals surface area contributed by atoms with Crippen LogP contribution in [0.3, 0.4) is 0 Å². The van der Waals surface area contributed by atoms with E-state index in [9.17, 15) is 0 Å². The summed E-state index contributed by atoms with van der Waals surface area (Å²) in [6.45, 7) is 0. The van der Waals surface area contributed by atoms with Crippen LogP contribution in [0.15, 0.2) is 43.2 Å². The molecule has 5 nitrogen and oxygen atoms in total. The molecule has 3 heterocycles. The van der Waals surface area contributed by atoms with Crippen molar-refractivity contribution in [1.29, 1.82) is 0 Å². The Morgan fingerprint density at radius 1 is 1.21 bits per heavy atom. The number of hydrogen-bond acceptors (Lipinski definition) is 3. The quantitative estimate of drug-likeness (QED) is 0.557. The summed E-state index contributed by atoms with van der Waals surface area (Å²) >= 11 is 0. The van der Waals surface area contributed by atoms with Crippen molar-refractivity contribution in [1.82, 2.24) is 25.1 Å². The van der Waals surface area contributed by atoms with Crippen molar-refractivity contribution in [3.05, 3.63) is 43.2 Å². The fourth-order valence-electron chi connectivity index (χ4n) is 1.00. The van der Waals surface area contributed by atoms with Gasteiger partial charge in [0.15, 0.2) is 0 Å². The molecule has 1 aromatic heterocycles. The van der Waals surface area contributed by atoms with Crippen LogP contribution in [-0.2, 0) is 0 Å². The van der Waals surface area contributed by atoms with E-state index in [2.05, 4.69) is 25.1 Å². The van der Waals surface area contributed by atoms with Crippen molar-refractivity contribution < 1.29 is 0 Å². The van der Waals surface area contributed by atoms with Gasteiger partial charge in [0.2, 0.25) is 0 Å². The van der Waals surface area contributed by atoms with E-state index in [1.165, 1.54) is 0 Å². The molecule has 0 saturated heterocycles. The maximum Gasteiger partial charge on any atom is 0.105 e. The highest BCUT2D eigenvalue weighted by atomic mass is 15.1. The molecule has 2 N–H and O–H groups in total. The summed E-state index contributed by atoms with van der Waals surface area (Å²) in [5.74, 6) is 0. The van der Waals surface area contributed by atoms with E-state index in [1.807, 2.05) is 12.1 Å². The van der Waals surface area contributed by atoms with Gasteiger partial charge in [0.1, 0.15) is 5.69 Å². The molecule has 0 saturated carbocycles. The van der Waals surface area contributed by atoms with E-state index in [4.69, 9.17) is 0 Å². The SMILES string of the molecule is c1cc2[nH]cncc-2n1.c1cn[nH]c1. The van der Waals surface area contributed by atoms with Crippen LogP contribution < -0.4 is 0 Å². The average Bonchev–Trinajstić information content (AvgIpc) is 2.92. The van der Waals surface area contributed by atoms with E-state index in [-0.39, 0.29) is 0 Å². The third-order valence-electron chi connectivity index (χ3n) is 1.63. The molecule has 14 heavy (non-hydrogen) atoms. The predicted octanol–water partition coefficient (Wildman–Crippen LogP) is 1.32. The van der Waals surface area contributed by atoms with Crippen LogP contribution >= 0.6 is 0 Å². The molecule has 5 heteroatoms. The Balaban J connectivity index is 0.000000128. The molecule has 0 unspecified atom stereocenters. The highest BCUT2D eigenvalue weighted by Gasteiger charge is 1.98. The van der Waals surface area contributed by atoms with Gasteiger partial charge >= 0.3 is 0 Å². The normalized spacial score (nSPS) is 9.43. The molecule has 2 aliphatic rings. The van der Waals surface area contributed by atoms with Crippen LogP contribution in [0.5, 0.6) is 0 Å². The van der Waals surface area contributed by atoms with Gasteiger partial charge in [-0.2, -0.15) is 5.10 Å². The van der Waals surface area contributed by atoms with Gasteiger partial charge in [0.25, 0.3) is 0 Å². The molecular formula is C9H9N5. The van der Waals surface area contributed by atoms with Crippen LogP contribution in [-0.4, -0.2) is 25.1 Å². The third-order valence-corrected chi connectivity index (χ3v) is 1.63. The Morgan fingerprint density at radius 2 is 2.21 bits per heavy atom. The lowest BCUT2D eigenvalue weighted by Gasteiger charge is -1.91. The van der Waals surface area contributed by atoms with Crippen molar-refractivity contribution in [3.63, 3.8) is 0 Å². The lowest BCUT2D eigenvalue weighted by Crippen LogP contribution is -1.81. The molecule has 0 aliphatic carbocycles. The summed E-state index contributed by atoms with van der Waals surface area (Å²) < 4.78 is 0. The van der Waals surface area contributed by atoms with Crippen molar-refractivity contribution in [2.45, 2.75) is 0 Å². The molecule has 0 radical (unpaired) electrons. The third kappa shape index (κ3) is 1.95. The lowest BCUT2D eigenvalue weighted by molar-refractivity contribution is 1.09. The number of H-pyrrole nitrogens is 2. The molecule has 0 fully saturated rings. The van der Waals surface area contributed by atoms with Crippen molar-refractivity contribution in [3.8, 4) is 11.4 Å². The summed E-state index contributed by atoms with van der Waals surface area (Å²) in [6.07, 6.45) is 8.58. The number of hydrogen-bond donors (Lipinski definition) is 2. The van der Waals surface area contributed by atoms with Crippen LogP contribution in [0.2, 0.25) is 0 Å². The van der Waals surface area contributed by atoms with E-state index in [0.29, 0.717) is 0 Å². The molecule has 0 atom stereocenters. The van der Waals surface area contributed by atoms with Crippen LogP contribution in [0.25, 0.3) is 11.4 Å². The zero-order chi connectivity index (χ0) is 9.64. The minimum Gasteiger partial charge on any atom is -0.345 e. The first kappa shape index (κ1) is 8.43. The Morgan fingerprint density at radius 3 is 2.86 bits per heavy atom. The Bertz CT molecular complexity index is 386. The summed E-state index contributed by atoms with van der Waals surface area (Å²) in [5.41, 5.74) is 1.95. The minimum absolute atomic E-state index is 0.914. The first-order valence-electron chi connectivity index (χ1n) is 4.13. The van der Waals surface area contributed by atoms with Gasteiger partial charge < -0.3 is 4.98 Å². The van der Waals surface area contributed by atoms with E-state index in [0.717, 1.165) is 11.4 Å². The van der Waals surface area contributed by atoms with Gasteiger partial charge in [-0.15, -0.1) is 0 Å². The molecule has 70 valence electrons. The topological polar surface area (TPSA) is 70.2 Å². The molecular weight excluding hydrogens is 178 g/mol. The average molecular weight is 187 g/mol. The van der Waals surface area contributed by atoms with Gasteiger partial charge in [-0.05, 0) is 12.1 Å². The zero-order valence-corrected chi connectivity index (χ0v) is 7.38.